The minimum Gasteiger partial charge on any atom is -0.0622 e. The van der Waals surface area contributed by atoms with Crippen LogP contribution < -0.4 is 0 Å². The van der Waals surface area contributed by atoms with E-state index in [0.29, 0.717) is 0 Å². The average molecular weight is 412 g/mol. The van der Waals surface area contributed by atoms with Crippen LogP contribution >= 0.6 is 0 Å². The zero-order valence-electron chi connectivity index (χ0n) is 9.63. The summed E-state index contributed by atoms with van der Waals surface area (Å²) in [6.07, 6.45) is 0. The third-order valence-corrected chi connectivity index (χ3v) is 1.88. The van der Waals surface area contributed by atoms with E-state index in [4.69, 9.17) is 5.11 Å². The van der Waals surface area contributed by atoms with Crippen molar-refractivity contribution in [2.24, 2.45) is 0 Å². The predicted octanol–water partition coefficient (Wildman–Crippen LogP) is 2.17. The number of hydrogen-bond donors (Lipinski definition) is 1. The maximum Gasteiger partial charge on any atom is -0.0184 e. The summed E-state index contributed by atoms with van der Waals surface area (Å²) in [5.41, 5.74) is 2.55. The monoisotopic (exact) mass is 412 g/mol. The number of hydrogen-bond acceptors (Lipinski definition) is 1. The Labute approximate surface area is 116 Å². The molecule has 0 fully saturated rings. The van der Waals surface area contributed by atoms with Crippen molar-refractivity contribution in [3.63, 3.8) is 0 Å². The van der Waals surface area contributed by atoms with Crippen LogP contribution in [0.15, 0.2) is 60.7 Å². The van der Waals surface area contributed by atoms with Gasteiger partial charge in [0.1, 0.15) is 0 Å². The molecule has 2 rings (SSSR count). The minimum atomic E-state index is 0. The van der Waals surface area contributed by atoms with E-state index in [1.54, 1.807) is 6.92 Å². The van der Waals surface area contributed by atoms with Crippen LogP contribution in [0.3, 0.4) is 0 Å². The van der Waals surface area contributed by atoms with Crippen LogP contribution in [0.5, 0.6) is 0 Å². The van der Waals surface area contributed by atoms with Gasteiger partial charge in [-0.2, -0.15) is 0 Å². The summed E-state index contributed by atoms with van der Waals surface area (Å²) in [7, 11) is 0. The van der Waals surface area contributed by atoms with E-state index in [1.807, 2.05) is 12.1 Å². The molecule has 0 atom stereocenters. The van der Waals surface area contributed by atoms with Crippen molar-refractivity contribution in [1.29, 1.82) is 0 Å². The number of aliphatic hydroxyl groups excluding tert-OH is 1. The molecule has 16 heavy (non-hydrogen) atoms. The summed E-state index contributed by atoms with van der Waals surface area (Å²) in [6.45, 7) is 1.93. The maximum absolute atomic E-state index is 7.57. The van der Waals surface area contributed by atoms with Gasteiger partial charge >= 0.3 is 26.2 Å². The Hall–Kier alpha value is -0.717. The topological polar surface area (TPSA) is 20.2 Å². The van der Waals surface area contributed by atoms with Crippen molar-refractivity contribution in [1.82, 2.24) is 0 Å². The van der Waals surface area contributed by atoms with E-state index >= 15 is 0 Å². The molecule has 0 amide bonds. The van der Waals surface area contributed by atoms with Crippen molar-refractivity contribution in [2.45, 2.75) is 6.92 Å². The smallest absolute Gasteiger partial charge is 0.0184 e. The average Bonchev–Trinajstić information content (AvgIpc) is 2.32. The van der Waals surface area contributed by atoms with Gasteiger partial charge < -0.3 is 5.11 Å². The van der Waals surface area contributed by atoms with E-state index in [-0.39, 0.29) is 32.8 Å². The normalized spacial score (nSPS) is 8.38. The molecule has 0 radical (unpaired) electrons. The molecule has 2 heteroatoms. The quantitative estimate of drug-likeness (QED) is 0.713. The van der Waals surface area contributed by atoms with Crippen LogP contribution in [0.2, 0.25) is 0 Å². The van der Waals surface area contributed by atoms with Gasteiger partial charge in [0.2, 0.25) is 0 Å². The first-order chi connectivity index (χ1) is 7.38. The fourth-order valence-electron chi connectivity index (χ4n) is 1.26. The van der Waals surface area contributed by atoms with Gasteiger partial charge in [0.05, 0.1) is 0 Å². The molecule has 0 heterocycles. The molecular weight excluding hydrogens is 393 g/mol. The molecule has 86 valence electrons. The molecule has 0 spiro atoms. The summed E-state index contributed by atoms with van der Waals surface area (Å²) in [4.78, 5) is 0. The molecule has 2 aromatic rings. The van der Waals surface area contributed by atoms with Crippen molar-refractivity contribution >= 4 is 26.2 Å². The van der Waals surface area contributed by atoms with E-state index in [2.05, 4.69) is 48.5 Å². The standard InChI is InChI=1S/C12H10.C2H6O.Bi.3H/c1-3-7-11(8-4-1)12-9-5-2-6-10-12;1-2-3;;;;/h1-10H;3H,2H2,1H3;;;;. The summed E-state index contributed by atoms with van der Waals surface area (Å²) >= 11 is 0. The van der Waals surface area contributed by atoms with Crippen LogP contribution in [-0.4, -0.2) is 37.9 Å². The first kappa shape index (κ1) is 15.3. The molecule has 0 aliphatic carbocycles. The Kier molecular flexibility index (Phi) is 9.08. The maximum atomic E-state index is 7.57. The molecule has 0 saturated carbocycles. The molecule has 0 aromatic heterocycles. The zero-order valence-corrected chi connectivity index (χ0v) is 15.1. The third kappa shape index (κ3) is 5.39. The number of benzene rings is 2. The minimum absolute atomic E-state index is 0. The third-order valence-electron chi connectivity index (χ3n) is 1.88. The van der Waals surface area contributed by atoms with E-state index in [1.165, 1.54) is 11.1 Å². The largest absolute Gasteiger partial charge is 0.0622 e. The Morgan fingerprint density at radius 2 is 1.00 bits per heavy atom. The first-order valence-corrected chi connectivity index (χ1v) is 5.09. The molecular formula is C14H19BiO. The van der Waals surface area contributed by atoms with Gasteiger partial charge in [0.25, 0.3) is 0 Å². The van der Waals surface area contributed by atoms with Gasteiger partial charge in [-0.3, -0.25) is 0 Å². The molecule has 0 aliphatic rings. The Morgan fingerprint density at radius 1 is 0.750 bits per heavy atom. The Bertz CT molecular complexity index is 322. The summed E-state index contributed by atoms with van der Waals surface area (Å²) in [6, 6.07) is 20.8. The van der Waals surface area contributed by atoms with Gasteiger partial charge in [0.15, 0.2) is 0 Å². The van der Waals surface area contributed by atoms with Crippen molar-refractivity contribution < 1.29 is 5.11 Å². The number of aliphatic hydroxyl groups is 1. The van der Waals surface area contributed by atoms with Crippen molar-refractivity contribution in [3.05, 3.63) is 60.7 Å². The van der Waals surface area contributed by atoms with Crippen LogP contribution in [0.25, 0.3) is 11.1 Å². The van der Waals surface area contributed by atoms with Gasteiger partial charge in [-0.15, -0.1) is 0 Å². The molecule has 1 nitrogen and oxygen atoms in total. The molecule has 0 saturated heterocycles. The SMILES string of the molecule is CCO.[BiH3].c1ccc(-c2ccccc2)cc1. The molecule has 1 N–H and O–H groups in total. The fraction of sp³-hybridized carbons (Fsp3) is 0.143. The van der Waals surface area contributed by atoms with Gasteiger partial charge in [-0.05, 0) is 18.1 Å². The molecule has 0 aliphatic heterocycles. The van der Waals surface area contributed by atoms with Crippen LogP contribution in [-0.2, 0) is 0 Å². The second-order valence-electron chi connectivity index (χ2n) is 3.05. The molecule has 0 bridgehead atoms. The summed E-state index contributed by atoms with van der Waals surface area (Å²) < 4.78 is 0. The number of rotatable bonds is 1. The van der Waals surface area contributed by atoms with Gasteiger partial charge in [-0.25, -0.2) is 0 Å². The molecule has 2 aromatic carbocycles. The van der Waals surface area contributed by atoms with Crippen molar-refractivity contribution in [3.8, 4) is 11.1 Å². The summed E-state index contributed by atoms with van der Waals surface area (Å²) in [5, 5.41) is 7.57. The van der Waals surface area contributed by atoms with Gasteiger partial charge in [-0.1, -0.05) is 60.7 Å². The van der Waals surface area contributed by atoms with Crippen LogP contribution in [0, 0.1) is 0 Å². The second kappa shape index (κ2) is 9.50. The Balaban J connectivity index is 0.000000511. The van der Waals surface area contributed by atoms with Crippen LogP contribution in [0.4, 0.5) is 0 Å². The van der Waals surface area contributed by atoms with Crippen LogP contribution in [0.1, 0.15) is 6.92 Å². The zero-order chi connectivity index (χ0) is 10.9. The fourth-order valence-corrected chi connectivity index (χ4v) is 1.26. The Morgan fingerprint density at radius 3 is 1.25 bits per heavy atom. The van der Waals surface area contributed by atoms with Gasteiger partial charge in [0, 0.05) is 6.61 Å². The van der Waals surface area contributed by atoms with E-state index in [0.717, 1.165) is 0 Å². The predicted molar refractivity (Wildman–Crippen MR) is 74.6 cm³/mol. The van der Waals surface area contributed by atoms with Crippen molar-refractivity contribution in [2.75, 3.05) is 6.61 Å². The first-order valence-electron chi connectivity index (χ1n) is 5.09. The molecule has 0 unspecified atom stereocenters. The van der Waals surface area contributed by atoms with E-state index in [9.17, 15) is 0 Å². The summed E-state index contributed by atoms with van der Waals surface area (Å²) in [5.74, 6) is 0. The second-order valence-corrected chi connectivity index (χ2v) is 3.05. The van der Waals surface area contributed by atoms with E-state index < -0.39 is 0 Å².